The van der Waals surface area contributed by atoms with Crippen LogP contribution in [0.2, 0.25) is 0 Å². The lowest BCUT2D eigenvalue weighted by atomic mass is 10.0. The highest BCUT2D eigenvalue weighted by molar-refractivity contribution is 6.07. The normalized spacial score (nSPS) is 11.2. The average Bonchev–Trinajstić information content (AvgIpc) is 2.59. The van der Waals surface area contributed by atoms with Crippen molar-refractivity contribution in [2.24, 2.45) is 5.92 Å². The highest BCUT2D eigenvalue weighted by Crippen LogP contribution is 2.20. The molecule has 0 aliphatic rings. The van der Waals surface area contributed by atoms with Crippen molar-refractivity contribution in [3.05, 3.63) is 29.8 Å². The van der Waals surface area contributed by atoms with Crippen molar-refractivity contribution in [1.29, 1.82) is 0 Å². The quantitative estimate of drug-likeness (QED) is 0.767. The third kappa shape index (κ3) is 1.63. The lowest BCUT2D eigenvalue weighted by Gasteiger charge is -2.01. The van der Waals surface area contributed by atoms with Gasteiger partial charge in [-0.3, -0.25) is 4.79 Å². The van der Waals surface area contributed by atoms with Crippen LogP contribution in [0.4, 0.5) is 4.39 Å². The lowest BCUT2D eigenvalue weighted by Crippen LogP contribution is -2.06. The predicted molar refractivity (Wildman–Crippen MR) is 55.2 cm³/mol. The summed E-state index contributed by atoms with van der Waals surface area (Å²) in [7, 11) is 0. The minimum atomic E-state index is -0.431. The molecule has 0 bridgehead atoms. The Balaban J connectivity index is 2.62. The summed E-state index contributed by atoms with van der Waals surface area (Å²) in [5.74, 6) is -0.541. The second-order valence-corrected chi connectivity index (χ2v) is 3.77. The number of rotatable bonds is 2. The molecule has 2 heterocycles. The molecular formula is C11H11FN2O. The van der Waals surface area contributed by atoms with Crippen molar-refractivity contribution in [2.75, 3.05) is 0 Å². The molecule has 3 nitrogen and oxygen atoms in total. The van der Waals surface area contributed by atoms with Gasteiger partial charge in [0.1, 0.15) is 11.5 Å². The first-order chi connectivity index (χ1) is 7.09. The van der Waals surface area contributed by atoms with Crippen molar-refractivity contribution in [3.8, 4) is 0 Å². The maximum absolute atomic E-state index is 13.0. The van der Waals surface area contributed by atoms with E-state index < -0.39 is 5.82 Å². The number of carbonyl (C=O) groups excluding carboxylic acids is 1. The molecule has 78 valence electrons. The van der Waals surface area contributed by atoms with Crippen LogP contribution in [0, 0.1) is 11.7 Å². The maximum Gasteiger partial charge on any atom is 0.167 e. The molecule has 0 saturated heterocycles. The number of nitrogens with zero attached hydrogens (tertiary/aromatic N) is 1. The Morgan fingerprint density at radius 3 is 2.93 bits per heavy atom. The summed E-state index contributed by atoms with van der Waals surface area (Å²) in [6, 6.07) is 1.33. The molecule has 0 aromatic carbocycles. The van der Waals surface area contributed by atoms with Crippen LogP contribution in [0.25, 0.3) is 11.0 Å². The average molecular weight is 206 g/mol. The Morgan fingerprint density at radius 2 is 2.27 bits per heavy atom. The fraction of sp³-hybridized carbons (Fsp3) is 0.273. The van der Waals surface area contributed by atoms with Crippen molar-refractivity contribution >= 4 is 16.8 Å². The third-order valence-corrected chi connectivity index (χ3v) is 2.29. The zero-order valence-electron chi connectivity index (χ0n) is 8.54. The molecular weight excluding hydrogens is 195 g/mol. The highest BCUT2D eigenvalue weighted by Gasteiger charge is 2.15. The molecule has 2 aromatic heterocycles. The van der Waals surface area contributed by atoms with Gasteiger partial charge in [0.15, 0.2) is 5.78 Å². The maximum atomic E-state index is 13.0. The van der Waals surface area contributed by atoms with E-state index in [1.165, 1.54) is 6.07 Å². The fourth-order valence-electron chi connectivity index (χ4n) is 1.49. The van der Waals surface area contributed by atoms with Crippen LogP contribution in [0.1, 0.15) is 24.2 Å². The number of aromatic nitrogens is 2. The number of carbonyl (C=O) groups is 1. The zero-order chi connectivity index (χ0) is 11.0. The summed E-state index contributed by atoms with van der Waals surface area (Å²) in [4.78, 5) is 18.5. The van der Waals surface area contributed by atoms with E-state index in [1.807, 2.05) is 13.8 Å². The van der Waals surface area contributed by atoms with Gasteiger partial charge in [0.2, 0.25) is 0 Å². The smallest absolute Gasteiger partial charge is 0.167 e. The van der Waals surface area contributed by atoms with Gasteiger partial charge >= 0.3 is 0 Å². The van der Waals surface area contributed by atoms with Gasteiger partial charge in [-0.25, -0.2) is 9.37 Å². The summed E-state index contributed by atoms with van der Waals surface area (Å²) in [5.41, 5.74) is 1.05. The Hall–Kier alpha value is -1.71. The van der Waals surface area contributed by atoms with Crippen LogP contribution in [0.15, 0.2) is 18.5 Å². The molecule has 0 aliphatic carbocycles. The van der Waals surface area contributed by atoms with Gasteiger partial charge in [-0.1, -0.05) is 13.8 Å². The van der Waals surface area contributed by atoms with Crippen molar-refractivity contribution in [1.82, 2.24) is 9.97 Å². The number of Topliss-reactive ketones (excluding diaryl/α,β-unsaturated/α-hetero) is 1. The Morgan fingerprint density at radius 1 is 1.53 bits per heavy atom. The van der Waals surface area contributed by atoms with Crippen LogP contribution >= 0.6 is 0 Å². The van der Waals surface area contributed by atoms with Gasteiger partial charge in [-0.05, 0) is 6.07 Å². The monoisotopic (exact) mass is 206 g/mol. The lowest BCUT2D eigenvalue weighted by molar-refractivity contribution is 0.0941. The van der Waals surface area contributed by atoms with Gasteiger partial charge < -0.3 is 4.98 Å². The molecule has 2 rings (SSSR count). The molecule has 0 radical (unpaired) electrons. The summed E-state index contributed by atoms with van der Waals surface area (Å²) in [6.45, 7) is 3.63. The Labute approximate surface area is 86.3 Å². The topological polar surface area (TPSA) is 45.8 Å². The number of ketones is 1. The Kier molecular flexibility index (Phi) is 2.26. The van der Waals surface area contributed by atoms with E-state index in [9.17, 15) is 9.18 Å². The van der Waals surface area contributed by atoms with Gasteiger partial charge in [0.25, 0.3) is 0 Å². The number of H-pyrrole nitrogens is 1. The predicted octanol–water partition coefficient (Wildman–Crippen LogP) is 2.54. The SMILES string of the molecule is CC(C)C(=O)c1c[nH]c2ncc(F)cc12. The van der Waals surface area contributed by atoms with Crippen molar-refractivity contribution in [2.45, 2.75) is 13.8 Å². The standard InChI is InChI=1S/C11H11FN2O/c1-6(2)10(15)9-5-14-11-8(9)3-7(12)4-13-11/h3-6H,1-2H3,(H,13,14). The second-order valence-electron chi connectivity index (χ2n) is 3.77. The minimum Gasteiger partial charge on any atom is -0.345 e. The highest BCUT2D eigenvalue weighted by atomic mass is 19.1. The number of pyridine rings is 1. The van der Waals surface area contributed by atoms with E-state index in [4.69, 9.17) is 0 Å². The molecule has 0 unspecified atom stereocenters. The van der Waals surface area contributed by atoms with Gasteiger partial charge in [0, 0.05) is 23.1 Å². The van der Waals surface area contributed by atoms with E-state index in [-0.39, 0.29) is 11.7 Å². The number of hydrogen-bond donors (Lipinski definition) is 1. The zero-order valence-corrected chi connectivity index (χ0v) is 8.54. The van der Waals surface area contributed by atoms with E-state index in [2.05, 4.69) is 9.97 Å². The summed E-state index contributed by atoms with van der Waals surface area (Å²) in [6.07, 6.45) is 2.71. The molecule has 4 heteroatoms. The van der Waals surface area contributed by atoms with Gasteiger partial charge in [-0.15, -0.1) is 0 Å². The van der Waals surface area contributed by atoms with Crippen LogP contribution in [0.3, 0.4) is 0 Å². The first kappa shape index (κ1) is 9.83. The minimum absolute atomic E-state index is 0.00588. The van der Waals surface area contributed by atoms with Crippen molar-refractivity contribution < 1.29 is 9.18 Å². The number of hydrogen-bond acceptors (Lipinski definition) is 2. The molecule has 1 N–H and O–H groups in total. The number of halogens is 1. The summed E-state index contributed by atoms with van der Waals surface area (Å²) < 4.78 is 13.0. The number of fused-ring (bicyclic) bond motifs is 1. The second kappa shape index (κ2) is 3.46. The summed E-state index contributed by atoms with van der Waals surface area (Å²) >= 11 is 0. The Bertz CT molecular complexity index is 516. The first-order valence-corrected chi connectivity index (χ1v) is 4.76. The largest absolute Gasteiger partial charge is 0.345 e. The fourth-order valence-corrected chi connectivity index (χ4v) is 1.49. The van der Waals surface area contributed by atoms with Crippen molar-refractivity contribution in [3.63, 3.8) is 0 Å². The van der Waals surface area contributed by atoms with Crippen LogP contribution in [0.5, 0.6) is 0 Å². The van der Waals surface area contributed by atoms with E-state index in [1.54, 1.807) is 6.20 Å². The van der Waals surface area contributed by atoms with Crippen LogP contribution in [-0.4, -0.2) is 15.8 Å². The van der Waals surface area contributed by atoms with Gasteiger partial charge in [0.05, 0.1) is 6.20 Å². The van der Waals surface area contributed by atoms with E-state index in [0.717, 1.165) is 6.20 Å². The molecule has 0 saturated carbocycles. The third-order valence-electron chi connectivity index (χ3n) is 2.29. The van der Waals surface area contributed by atoms with Crippen LogP contribution in [-0.2, 0) is 0 Å². The number of nitrogens with one attached hydrogen (secondary N) is 1. The van der Waals surface area contributed by atoms with Gasteiger partial charge in [-0.2, -0.15) is 0 Å². The van der Waals surface area contributed by atoms with Crippen LogP contribution < -0.4 is 0 Å². The van der Waals surface area contributed by atoms with E-state index >= 15 is 0 Å². The molecule has 0 amide bonds. The molecule has 0 spiro atoms. The first-order valence-electron chi connectivity index (χ1n) is 4.76. The molecule has 0 aliphatic heterocycles. The molecule has 0 fully saturated rings. The summed E-state index contributed by atoms with van der Waals surface area (Å²) in [5, 5.41) is 0.550. The molecule has 0 atom stereocenters. The number of aromatic amines is 1. The molecule has 15 heavy (non-hydrogen) atoms. The molecule has 2 aromatic rings. The van der Waals surface area contributed by atoms with E-state index in [0.29, 0.717) is 16.6 Å².